The molecule has 0 aliphatic carbocycles. The highest BCUT2D eigenvalue weighted by molar-refractivity contribution is 5.96. The molecule has 2 aromatic carbocycles. The van der Waals surface area contributed by atoms with Gasteiger partial charge in [-0.25, -0.2) is 14.3 Å². The van der Waals surface area contributed by atoms with Crippen LogP contribution in [0, 0.1) is 0 Å². The fourth-order valence-electron chi connectivity index (χ4n) is 4.49. The highest BCUT2D eigenvalue weighted by Gasteiger charge is 2.39. The molecule has 8 nitrogen and oxygen atoms in total. The molecule has 5 rings (SSSR count). The van der Waals surface area contributed by atoms with Crippen LogP contribution in [0.25, 0.3) is 16.9 Å². The van der Waals surface area contributed by atoms with E-state index in [1.165, 1.54) is 14.2 Å². The van der Waals surface area contributed by atoms with Crippen molar-refractivity contribution < 1.29 is 36.9 Å². The van der Waals surface area contributed by atoms with Gasteiger partial charge in [0.15, 0.2) is 11.3 Å². The maximum Gasteiger partial charge on any atom is 0.433 e. The lowest BCUT2D eigenvalue weighted by atomic mass is 9.91. The van der Waals surface area contributed by atoms with Crippen LogP contribution in [0.2, 0.25) is 0 Å². The zero-order chi connectivity index (χ0) is 27.2. The van der Waals surface area contributed by atoms with Crippen LogP contribution in [0.1, 0.15) is 48.0 Å². The van der Waals surface area contributed by atoms with Crippen LogP contribution in [0.5, 0.6) is 17.2 Å². The molecule has 0 bridgehead atoms. The maximum atomic E-state index is 14.0. The van der Waals surface area contributed by atoms with Gasteiger partial charge in [0.05, 0.1) is 26.1 Å². The van der Waals surface area contributed by atoms with Crippen LogP contribution >= 0.6 is 0 Å². The lowest BCUT2D eigenvalue weighted by molar-refractivity contribution is -0.142. The van der Waals surface area contributed by atoms with E-state index in [0.717, 1.165) is 12.3 Å². The Labute approximate surface area is 215 Å². The van der Waals surface area contributed by atoms with Gasteiger partial charge >= 0.3 is 12.1 Å². The van der Waals surface area contributed by atoms with Crippen molar-refractivity contribution in [3.05, 3.63) is 71.5 Å². The molecule has 3 heterocycles. The summed E-state index contributed by atoms with van der Waals surface area (Å²) in [7, 11) is 2.92. The number of hydrogen-bond donors (Lipinski definition) is 0. The van der Waals surface area contributed by atoms with Gasteiger partial charge in [0.25, 0.3) is 0 Å². The summed E-state index contributed by atoms with van der Waals surface area (Å²) in [6.45, 7) is 3.71. The number of methoxy groups -OCH3 is 2. The quantitative estimate of drug-likeness (QED) is 0.299. The molecule has 0 unspecified atom stereocenters. The molecule has 0 fully saturated rings. The average Bonchev–Trinajstić information content (AvgIpc) is 3.30. The summed E-state index contributed by atoms with van der Waals surface area (Å²) in [4.78, 5) is 17.8. The second kappa shape index (κ2) is 9.23. The van der Waals surface area contributed by atoms with Crippen LogP contribution < -0.4 is 14.2 Å². The SMILES string of the molecule is COc1ccc2c(c1)[C@H](OC(=O)c1cnn3c(C(F)(F)F)cc(-c4ccccc4OC)nc13)CC(C)(C)O2. The van der Waals surface area contributed by atoms with Crippen LogP contribution in [-0.2, 0) is 10.9 Å². The molecule has 0 spiro atoms. The molecule has 11 heteroatoms. The first-order chi connectivity index (χ1) is 18.0. The number of fused-ring (bicyclic) bond motifs is 2. The molecule has 38 heavy (non-hydrogen) atoms. The van der Waals surface area contributed by atoms with E-state index in [0.29, 0.717) is 39.3 Å². The highest BCUT2D eigenvalue weighted by atomic mass is 19.4. The molecule has 0 radical (unpaired) electrons. The van der Waals surface area contributed by atoms with Crippen LogP contribution in [0.15, 0.2) is 54.7 Å². The summed E-state index contributed by atoms with van der Waals surface area (Å²) in [6, 6.07) is 12.6. The lowest BCUT2D eigenvalue weighted by Crippen LogP contribution is -2.36. The Morgan fingerprint density at radius 2 is 1.87 bits per heavy atom. The number of halogens is 3. The topological polar surface area (TPSA) is 84.2 Å². The third-order valence-electron chi connectivity index (χ3n) is 6.24. The second-order valence-electron chi connectivity index (χ2n) is 9.38. The van der Waals surface area contributed by atoms with Crippen molar-refractivity contribution in [3.63, 3.8) is 0 Å². The maximum absolute atomic E-state index is 14.0. The average molecular weight is 527 g/mol. The number of carbonyl (C=O) groups is 1. The van der Waals surface area contributed by atoms with E-state index in [2.05, 4.69) is 10.1 Å². The smallest absolute Gasteiger partial charge is 0.433 e. The molecule has 1 atom stereocenters. The molecule has 0 saturated carbocycles. The molecule has 4 aromatic rings. The molecule has 0 N–H and O–H groups in total. The molecule has 0 amide bonds. The summed E-state index contributed by atoms with van der Waals surface area (Å²) in [5, 5.41) is 3.83. The number of rotatable bonds is 5. The molecular formula is C27H24F3N3O5. The number of hydrogen-bond acceptors (Lipinski definition) is 7. The minimum atomic E-state index is -4.77. The van der Waals surface area contributed by atoms with E-state index in [1.807, 2.05) is 13.8 Å². The zero-order valence-corrected chi connectivity index (χ0v) is 21.0. The van der Waals surface area contributed by atoms with Crippen LogP contribution in [0.4, 0.5) is 13.2 Å². The highest BCUT2D eigenvalue weighted by Crippen LogP contribution is 2.43. The Morgan fingerprint density at radius 1 is 1.11 bits per heavy atom. The second-order valence-corrected chi connectivity index (χ2v) is 9.38. The van der Waals surface area contributed by atoms with Gasteiger partial charge in [-0.1, -0.05) is 12.1 Å². The lowest BCUT2D eigenvalue weighted by Gasteiger charge is -2.37. The predicted octanol–water partition coefficient (Wildman–Crippen LogP) is 5.89. The summed E-state index contributed by atoms with van der Waals surface area (Å²) in [5.74, 6) is 0.531. The largest absolute Gasteiger partial charge is 0.497 e. The van der Waals surface area contributed by atoms with Crippen LogP contribution in [-0.4, -0.2) is 40.4 Å². The van der Waals surface area contributed by atoms with Gasteiger partial charge in [-0.3, -0.25) is 0 Å². The number of esters is 1. The first kappa shape index (κ1) is 25.4. The van der Waals surface area contributed by atoms with Gasteiger partial charge in [-0.15, -0.1) is 0 Å². The Kier molecular flexibility index (Phi) is 6.16. The van der Waals surface area contributed by atoms with Gasteiger partial charge in [-0.05, 0) is 50.2 Å². The summed E-state index contributed by atoms with van der Waals surface area (Å²) in [5.41, 5.74) is -1.36. The molecular weight excluding hydrogens is 503 g/mol. The number of para-hydroxylation sites is 1. The Balaban J connectivity index is 1.60. The van der Waals surface area contributed by atoms with Crippen molar-refractivity contribution in [2.24, 2.45) is 0 Å². The van der Waals surface area contributed by atoms with Crippen molar-refractivity contribution in [2.45, 2.75) is 38.1 Å². The van der Waals surface area contributed by atoms with Crippen molar-refractivity contribution in [1.82, 2.24) is 14.6 Å². The standard InChI is InChI=1S/C27H24F3N3O5/c1-26(2)13-22(17-11-15(35-3)9-10-21(17)38-26)37-25(34)18-14-31-33-23(27(28,29)30)12-19(32-24(18)33)16-7-5-6-8-20(16)36-4/h5-12,14,22H,13H2,1-4H3/t22-/m1/s1. The Morgan fingerprint density at radius 3 is 2.58 bits per heavy atom. The Bertz CT molecular complexity index is 1530. The number of ether oxygens (including phenoxy) is 4. The van der Waals surface area contributed by atoms with E-state index >= 15 is 0 Å². The third-order valence-corrected chi connectivity index (χ3v) is 6.24. The summed E-state index contributed by atoms with van der Waals surface area (Å²) < 4.78 is 65.2. The molecule has 2 aromatic heterocycles. The minimum absolute atomic E-state index is 0.0286. The van der Waals surface area contributed by atoms with Gasteiger partial charge in [0.2, 0.25) is 0 Å². The monoisotopic (exact) mass is 527 g/mol. The first-order valence-corrected chi connectivity index (χ1v) is 11.7. The van der Waals surface area contributed by atoms with Crippen molar-refractivity contribution in [3.8, 4) is 28.5 Å². The number of alkyl halides is 3. The summed E-state index contributed by atoms with van der Waals surface area (Å²) >= 11 is 0. The van der Waals surface area contributed by atoms with Gasteiger partial charge in [0.1, 0.15) is 34.5 Å². The van der Waals surface area contributed by atoms with E-state index in [4.69, 9.17) is 18.9 Å². The molecule has 198 valence electrons. The summed E-state index contributed by atoms with van der Waals surface area (Å²) in [6.07, 6.45) is -4.18. The van der Waals surface area contributed by atoms with Gasteiger partial charge < -0.3 is 18.9 Å². The van der Waals surface area contributed by atoms with Crippen LogP contribution in [0.3, 0.4) is 0 Å². The molecule has 0 saturated heterocycles. The van der Waals surface area contributed by atoms with E-state index in [1.54, 1.807) is 42.5 Å². The molecule has 1 aliphatic rings. The van der Waals surface area contributed by atoms with Crippen molar-refractivity contribution in [1.29, 1.82) is 0 Å². The fraction of sp³-hybridized carbons (Fsp3) is 0.296. The number of aromatic nitrogens is 3. The normalized spacial score (nSPS) is 16.4. The predicted molar refractivity (Wildman–Crippen MR) is 130 cm³/mol. The number of nitrogens with zero attached hydrogens (tertiary/aromatic N) is 3. The number of benzene rings is 2. The van der Waals surface area contributed by atoms with E-state index in [9.17, 15) is 18.0 Å². The van der Waals surface area contributed by atoms with Crippen molar-refractivity contribution >= 4 is 11.6 Å². The first-order valence-electron chi connectivity index (χ1n) is 11.7. The van der Waals surface area contributed by atoms with E-state index < -0.39 is 29.5 Å². The molecule has 1 aliphatic heterocycles. The van der Waals surface area contributed by atoms with Gasteiger partial charge in [-0.2, -0.15) is 18.3 Å². The Hall–Kier alpha value is -4.28. The fourth-order valence-corrected chi connectivity index (χ4v) is 4.49. The number of carbonyl (C=O) groups excluding carboxylic acids is 1. The minimum Gasteiger partial charge on any atom is -0.497 e. The van der Waals surface area contributed by atoms with E-state index in [-0.39, 0.29) is 16.9 Å². The third kappa shape index (κ3) is 4.59. The van der Waals surface area contributed by atoms with Crippen molar-refractivity contribution in [2.75, 3.05) is 14.2 Å². The van der Waals surface area contributed by atoms with Gasteiger partial charge in [0, 0.05) is 17.5 Å². The zero-order valence-electron chi connectivity index (χ0n) is 21.0.